The van der Waals surface area contributed by atoms with E-state index < -0.39 is 10.0 Å². The quantitative estimate of drug-likeness (QED) is 0.620. The molecule has 1 saturated carbocycles. The molecular weight excluding hydrogens is 392 g/mol. The van der Waals surface area contributed by atoms with Gasteiger partial charge in [0.15, 0.2) is 0 Å². The van der Waals surface area contributed by atoms with Gasteiger partial charge in [0.1, 0.15) is 0 Å². The minimum absolute atomic E-state index is 0.0315. The lowest BCUT2D eigenvalue weighted by Gasteiger charge is -2.11. The molecule has 1 aliphatic rings. The fourth-order valence-corrected chi connectivity index (χ4v) is 5.46. The number of hydrogen-bond donors (Lipinski definition) is 2. The van der Waals surface area contributed by atoms with E-state index in [9.17, 15) is 13.2 Å². The van der Waals surface area contributed by atoms with Crippen molar-refractivity contribution < 1.29 is 13.2 Å². The molecule has 146 valence electrons. The van der Waals surface area contributed by atoms with E-state index in [-0.39, 0.29) is 16.8 Å². The highest BCUT2D eigenvalue weighted by atomic mass is 32.2. The lowest BCUT2D eigenvalue weighted by atomic mass is 10.1. The summed E-state index contributed by atoms with van der Waals surface area (Å²) in [4.78, 5) is 12.8. The summed E-state index contributed by atoms with van der Waals surface area (Å²) in [5.41, 5.74) is 2.36. The first-order valence-corrected chi connectivity index (χ1v) is 11.7. The summed E-state index contributed by atoms with van der Waals surface area (Å²) in [7, 11) is -3.58. The van der Waals surface area contributed by atoms with Crippen LogP contribution in [0.5, 0.6) is 0 Å². The Kier molecular flexibility index (Phi) is 5.23. The molecule has 0 spiro atoms. The summed E-state index contributed by atoms with van der Waals surface area (Å²) < 4.78 is 28.7. The number of benzene rings is 2. The zero-order valence-electron chi connectivity index (χ0n) is 15.6. The number of carbonyl (C=O) groups is 1. The molecule has 0 radical (unpaired) electrons. The molecule has 7 heteroatoms. The topological polar surface area (TPSA) is 75.3 Å². The van der Waals surface area contributed by atoms with Gasteiger partial charge < -0.3 is 5.32 Å². The van der Waals surface area contributed by atoms with Gasteiger partial charge in [-0.25, -0.2) is 13.1 Å². The molecule has 5 nitrogen and oxygen atoms in total. The van der Waals surface area contributed by atoms with Crippen LogP contribution in [0.3, 0.4) is 0 Å². The maximum Gasteiger partial charge on any atom is 0.251 e. The Morgan fingerprint density at radius 3 is 2.75 bits per heavy atom. The van der Waals surface area contributed by atoms with Crippen molar-refractivity contribution in [1.82, 2.24) is 10.0 Å². The minimum Gasteiger partial charge on any atom is -0.352 e. The summed E-state index contributed by atoms with van der Waals surface area (Å²) in [6, 6.07) is 13.0. The van der Waals surface area contributed by atoms with E-state index in [4.69, 9.17) is 0 Å². The fourth-order valence-electron chi connectivity index (χ4n) is 3.13. The third kappa shape index (κ3) is 4.11. The standard InChI is InChI=1S/C21H22N2O3S2/c1-14-6-9-17(28(25,26)23-16-7-8-16)12-19(14)21(24)22-11-10-15-13-27-20-5-3-2-4-18(15)20/h2-6,9,12-13,16,23H,7-8,10-11H2,1H3,(H,22,24). The highest BCUT2D eigenvalue weighted by Gasteiger charge is 2.28. The number of aryl methyl sites for hydroxylation is 1. The van der Waals surface area contributed by atoms with E-state index in [1.165, 1.54) is 21.7 Å². The van der Waals surface area contributed by atoms with Crippen LogP contribution in [0.15, 0.2) is 52.7 Å². The van der Waals surface area contributed by atoms with Gasteiger partial charge in [-0.2, -0.15) is 0 Å². The van der Waals surface area contributed by atoms with Crippen molar-refractivity contribution in [3.8, 4) is 0 Å². The number of rotatable bonds is 7. The molecule has 4 rings (SSSR count). The van der Waals surface area contributed by atoms with Crippen LogP contribution in [0.1, 0.15) is 34.3 Å². The van der Waals surface area contributed by atoms with Gasteiger partial charge in [0.05, 0.1) is 4.90 Å². The van der Waals surface area contributed by atoms with E-state index in [0.29, 0.717) is 12.1 Å². The molecule has 3 aromatic rings. The Balaban J connectivity index is 1.44. The molecule has 0 atom stereocenters. The van der Waals surface area contributed by atoms with Crippen molar-refractivity contribution in [3.63, 3.8) is 0 Å². The smallest absolute Gasteiger partial charge is 0.251 e. The molecule has 0 saturated heterocycles. The maximum absolute atomic E-state index is 12.6. The fraction of sp³-hybridized carbons (Fsp3) is 0.286. The Labute approximate surface area is 168 Å². The average molecular weight is 415 g/mol. The molecule has 1 amide bonds. The lowest BCUT2D eigenvalue weighted by molar-refractivity contribution is 0.0953. The van der Waals surface area contributed by atoms with E-state index in [1.54, 1.807) is 23.5 Å². The largest absolute Gasteiger partial charge is 0.352 e. The number of thiophene rings is 1. The average Bonchev–Trinajstić information content (AvgIpc) is 3.38. The lowest BCUT2D eigenvalue weighted by Crippen LogP contribution is -2.28. The Morgan fingerprint density at radius 2 is 1.96 bits per heavy atom. The molecule has 0 bridgehead atoms. The van der Waals surface area contributed by atoms with Crippen LogP contribution in [0.2, 0.25) is 0 Å². The summed E-state index contributed by atoms with van der Waals surface area (Å²) >= 11 is 1.70. The van der Waals surface area contributed by atoms with Gasteiger partial charge >= 0.3 is 0 Å². The van der Waals surface area contributed by atoms with Crippen molar-refractivity contribution in [1.29, 1.82) is 0 Å². The molecule has 1 fully saturated rings. The van der Waals surface area contributed by atoms with Gasteiger partial charge in [-0.15, -0.1) is 11.3 Å². The van der Waals surface area contributed by atoms with Crippen LogP contribution in [0, 0.1) is 6.92 Å². The highest BCUT2D eigenvalue weighted by molar-refractivity contribution is 7.89. The first-order chi connectivity index (χ1) is 13.4. The summed E-state index contributed by atoms with van der Waals surface area (Å²) in [6.07, 6.45) is 2.47. The monoisotopic (exact) mass is 414 g/mol. The predicted octanol–water partition coefficient (Wildman–Crippen LogP) is 3.62. The van der Waals surface area contributed by atoms with Gasteiger partial charge in [0.25, 0.3) is 5.91 Å². The predicted molar refractivity (Wildman–Crippen MR) is 112 cm³/mol. The van der Waals surface area contributed by atoms with E-state index in [1.807, 2.05) is 19.1 Å². The van der Waals surface area contributed by atoms with Crippen molar-refractivity contribution in [2.45, 2.75) is 37.1 Å². The van der Waals surface area contributed by atoms with Gasteiger partial charge in [0, 0.05) is 22.8 Å². The molecule has 28 heavy (non-hydrogen) atoms. The number of amides is 1. The van der Waals surface area contributed by atoms with Crippen LogP contribution in [-0.4, -0.2) is 26.9 Å². The van der Waals surface area contributed by atoms with Crippen LogP contribution in [0.25, 0.3) is 10.1 Å². The second kappa shape index (κ2) is 7.66. The Hall–Kier alpha value is -2.22. The van der Waals surface area contributed by atoms with Gasteiger partial charge in [-0.3, -0.25) is 4.79 Å². The van der Waals surface area contributed by atoms with Crippen molar-refractivity contribution >= 4 is 37.4 Å². The first kappa shape index (κ1) is 19.1. The molecule has 2 aromatic carbocycles. The summed E-state index contributed by atoms with van der Waals surface area (Å²) in [5, 5.41) is 6.27. The molecule has 0 unspecified atom stereocenters. The molecule has 1 aliphatic carbocycles. The molecule has 1 heterocycles. The zero-order valence-corrected chi connectivity index (χ0v) is 17.2. The highest BCUT2D eigenvalue weighted by Crippen LogP contribution is 2.26. The molecule has 2 N–H and O–H groups in total. The maximum atomic E-state index is 12.6. The summed E-state index contributed by atoms with van der Waals surface area (Å²) in [5.74, 6) is -0.250. The Bertz CT molecular complexity index is 1130. The number of hydrogen-bond acceptors (Lipinski definition) is 4. The zero-order chi connectivity index (χ0) is 19.7. The minimum atomic E-state index is -3.58. The van der Waals surface area contributed by atoms with Crippen molar-refractivity contribution in [3.05, 3.63) is 64.5 Å². The van der Waals surface area contributed by atoms with E-state index >= 15 is 0 Å². The Morgan fingerprint density at radius 1 is 1.18 bits per heavy atom. The second-order valence-electron chi connectivity index (χ2n) is 7.14. The molecule has 1 aromatic heterocycles. The number of carbonyl (C=O) groups excluding carboxylic acids is 1. The molecular formula is C21H22N2O3S2. The summed E-state index contributed by atoms with van der Waals surface area (Å²) in [6.45, 7) is 2.31. The third-order valence-corrected chi connectivity index (χ3v) is 7.43. The van der Waals surface area contributed by atoms with Crippen LogP contribution >= 0.6 is 11.3 Å². The number of sulfonamides is 1. The number of fused-ring (bicyclic) bond motifs is 1. The van der Waals surface area contributed by atoms with Crippen LogP contribution in [-0.2, 0) is 16.4 Å². The van der Waals surface area contributed by atoms with Gasteiger partial charge in [0.2, 0.25) is 10.0 Å². The van der Waals surface area contributed by atoms with E-state index in [0.717, 1.165) is 24.8 Å². The SMILES string of the molecule is Cc1ccc(S(=O)(=O)NC2CC2)cc1C(=O)NCCc1csc2ccccc12. The van der Waals surface area contributed by atoms with Crippen LogP contribution < -0.4 is 10.0 Å². The molecule has 0 aliphatic heterocycles. The normalized spacial score (nSPS) is 14.3. The van der Waals surface area contributed by atoms with Crippen molar-refractivity contribution in [2.24, 2.45) is 0 Å². The first-order valence-electron chi connectivity index (χ1n) is 9.30. The van der Waals surface area contributed by atoms with Gasteiger partial charge in [-0.05, 0) is 66.3 Å². The number of nitrogens with one attached hydrogen (secondary N) is 2. The van der Waals surface area contributed by atoms with E-state index in [2.05, 4.69) is 27.6 Å². The van der Waals surface area contributed by atoms with Crippen LogP contribution in [0.4, 0.5) is 0 Å². The van der Waals surface area contributed by atoms with Crippen molar-refractivity contribution in [2.75, 3.05) is 6.54 Å². The second-order valence-corrected chi connectivity index (χ2v) is 9.76. The van der Waals surface area contributed by atoms with Gasteiger partial charge in [-0.1, -0.05) is 24.3 Å². The third-order valence-electron chi connectivity index (χ3n) is 4.90.